The summed E-state index contributed by atoms with van der Waals surface area (Å²) < 4.78 is 10.9. The molecule has 4 amide bonds. The predicted molar refractivity (Wildman–Crippen MR) is 136 cm³/mol. The number of carbonyl (C=O) groups excluding carboxylic acids is 3. The third kappa shape index (κ3) is 4.95. The molecule has 1 aromatic carbocycles. The molecule has 5 rings (SSSR count). The van der Waals surface area contributed by atoms with Gasteiger partial charge in [-0.05, 0) is 62.1 Å². The van der Waals surface area contributed by atoms with E-state index in [4.69, 9.17) is 9.47 Å². The lowest BCUT2D eigenvalue weighted by molar-refractivity contribution is -0.124. The zero-order chi connectivity index (χ0) is 25.1. The SMILES string of the molecule is CN(C(=O)NC(C(=O)Nc1ccc2c(c1)NC(=O)C21CCOCC1)C1CCCCC1)C1CCOCC1. The summed E-state index contributed by atoms with van der Waals surface area (Å²) in [6.45, 7) is 2.43. The van der Waals surface area contributed by atoms with Gasteiger partial charge in [0.2, 0.25) is 11.8 Å². The molecular formula is C27H38N4O5. The second-order valence-corrected chi connectivity index (χ2v) is 10.7. The van der Waals surface area contributed by atoms with Gasteiger partial charge in [0.05, 0.1) is 5.41 Å². The molecule has 1 aliphatic carbocycles. The number of ether oxygens (including phenoxy) is 2. The normalized spacial score (nSPS) is 23.0. The Morgan fingerprint density at radius 1 is 1.03 bits per heavy atom. The summed E-state index contributed by atoms with van der Waals surface area (Å²) in [6.07, 6.45) is 8.07. The van der Waals surface area contributed by atoms with Crippen LogP contribution in [0.1, 0.15) is 63.4 Å². The first-order chi connectivity index (χ1) is 17.5. The minimum absolute atomic E-state index is 0.00720. The van der Waals surface area contributed by atoms with Crippen molar-refractivity contribution in [1.82, 2.24) is 10.2 Å². The van der Waals surface area contributed by atoms with Gasteiger partial charge in [-0.2, -0.15) is 0 Å². The van der Waals surface area contributed by atoms with Crippen LogP contribution in [-0.4, -0.2) is 68.3 Å². The molecule has 4 aliphatic rings. The molecule has 9 nitrogen and oxygen atoms in total. The van der Waals surface area contributed by atoms with E-state index in [1.807, 2.05) is 18.2 Å². The number of amides is 4. The van der Waals surface area contributed by atoms with Crippen LogP contribution in [0.25, 0.3) is 0 Å². The topological polar surface area (TPSA) is 109 Å². The number of urea groups is 1. The van der Waals surface area contributed by atoms with Crippen LogP contribution < -0.4 is 16.0 Å². The zero-order valence-corrected chi connectivity index (χ0v) is 21.1. The number of fused-ring (bicyclic) bond motifs is 2. The molecule has 0 bridgehead atoms. The van der Waals surface area contributed by atoms with Gasteiger partial charge >= 0.3 is 6.03 Å². The number of anilines is 2. The van der Waals surface area contributed by atoms with E-state index in [2.05, 4.69) is 16.0 Å². The first-order valence-electron chi connectivity index (χ1n) is 13.4. The van der Waals surface area contributed by atoms with Gasteiger partial charge in [0.15, 0.2) is 0 Å². The molecular weight excluding hydrogens is 460 g/mol. The van der Waals surface area contributed by atoms with Gasteiger partial charge < -0.3 is 30.3 Å². The summed E-state index contributed by atoms with van der Waals surface area (Å²) in [5, 5.41) is 9.11. The molecule has 3 fully saturated rings. The molecule has 196 valence electrons. The fourth-order valence-corrected chi connectivity index (χ4v) is 6.28. The van der Waals surface area contributed by atoms with Gasteiger partial charge in [0, 0.05) is 50.9 Å². The average molecular weight is 499 g/mol. The number of carbonyl (C=O) groups is 3. The number of benzene rings is 1. The lowest BCUT2D eigenvalue weighted by atomic mass is 9.75. The van der Waals surface area contributed by atoms with E-state index >= 15 is 0 Å². The quantitative estimate of drug-likeness (QED) is 0.577. The molecule has 9 heteroatoms. The maximum Gasteiger partial charge on any atom is 0.318 e. The zero-order valence-electron chi connectivity index (χ0n) is 21.1. The fraction of sp³-hybridized carbons (Fsp3) is 0.667. The van der Waals surface area contributed by atoms with Crippen molar-refractivity contribution >= 4 is 29.2 Å². The van der Waals surface area contributed by atoms with Crippen LogP contribution in [0.5, 0.6) is 0 Å². The first kappa shape index (κ1) is 25.0. The van der Waals surface area contributed by atoms with Crippen molar-refractivity contribution in [2.24, 2.45) is 5.92 Å². The Morgan fingerprint density at radius 2 is 1.72 bits per heavy atom. The van der Waals surface area contributed by atoms with Gasteiger partial charge in [0.25, 0.3) is 0 Å². The number of nitrogens with one attached hydrogen (secondary N) is 3. The molecule has 1 atom stereocenters. The van der Waals surface area contributed by atoms with Gasteiger partial charge in [-0.25, -0.2) is 4.79 Å². The largest absolute Gasteiger partial charge is 0.381 e. The van der Waals surface area contributed by atoms with E-state index in [9.17, 15) is 14.4 Å². The summed E-state index contributed by atoms with van der Waals surface area (Å²) >= 11 is 0. The van der Waals surface area contributed by atoms with Crippen LogP contribution in [0.15, 0.2) is 18.2 Å². The highest BCUT2D eigenvalue weighted by Gasteiger charge is 2.47. The highest BCUT2D eigenvalue weighted by molar-refractivity contribution is 6.07. The van der Waals surface area contributed by atoms with Crippen LogP contribution in [0.2, 0.25) is 0 Å². The van der Waals surface area contributed by atoms with Crippen LogP contribution in [0.4, 0.5) is 16.2 Å². The minimum Gasteiger partial charge on any atom is -0.381 e. The fourth-order valence-electron chi connectivity index (χ4n) is 6.28. The lowest BCUT2D eigenvalue weighted by Crippen LogP contribution is -2.54. The molecule has 3 heterocycles. The van der Waals surface area contributed by atoms with E-state index in [0.29, 0.717) is 45.0 Å². The van der Waals surface area contributed by atoms with E-state index in [-0.39, 0.29) is 29.8 Å². The molecule has 36 heavy (non-hydrogen) atoms. The smallest absolute Gasteiger partial charge is 0.318 e. The summed E-state index contributed by atoms with van der Waals surface area (Å²) in [6, 6.07) is 4.94. The van der Waals surface area contributed by atoms with Crippen LogP contribution >= 0.6 is 0 Å². The van der Waals surface area contributed by atoms with Crippen molar-refractivity contribution in [3.63, 3.8) is 0 Å². The Labute approximate surface area is 212 Å². The van der Waals surface area contributed by atoms with Crippen molar-refractivity contribution in [1.29, 1.82) is 0 Å². The van der Waals surface area contributed by atoms with Gasteiger partial charge in [-0.3, -0.25) is 9.59 Å². The van der Waals surface area contributed by atoms with Gasteiger partial charge in [-0.1, -0.05) is 25.3 Å². The predicted octanol–water partition coefficient (Wildman–Crippen LogP) is 3.39. The summed E-state index contributed by atoms with van der Waals surface area (Å²) in [5.41, 5.74) is 1.81. The van der Waals surface area contributed by atoms with Crippen LogP contribution in [0.3, 0.4) is 0 Å². The standard InChI is InChI=1S/C27H38N4O5/c1-31(20-9-13-35-14-10-20)26(34)30-23(18-5-3-2-4-6-18)24(32)28-19-7-8-21-22(17-19)29-25(33)27(21)11-15-36-16-12-27/h7-8,17-18,20,23H,2-6,9-16H2,1H3,(H,28,32)(H,29,33)(H,30,34). The molecule has 1 unspecified atom stereocenters. The summed E-state index contributed by atoms with van der Waals surface area (Å²) in [7, 11) is 1.80. The number of nitrogens with zero attached hydrogens (tertiary/aromatic N) is 1. The number of hydrogen-bond donors (Lipinski definition) is 3. The van der Waals surface area contributed by atoms with E-state index < -0.39 is 11.5 Å². The number of rotatable bonds is 5. The van der Waals surface area contributed by atoms with Crippen molar-refractivity contribution < 1.29 is 23.9 Å². The maximum absolute atomic E-state index is 13.5. The Kier molecular flexibility index (Phi) is 7.48. The van der Waals surface area contributed by atoms with Gasteiger partial charge in [0.1, 0.15) is 6.04 Å². The number of hydrogen-bond acceptors (Lipinski definition) is 5. The second kappa shape index (κ2) is 10.8. The van der Waals surface area contributed by atoms with Crippen LogP contribution in [-0.2, 0) is 24.5 Å². The second-order valence-electron chi connectivity index (χ2n) is 10.7. The minimum atomic E-state index is -0.607. The maximum atomic E-state index is 13.5. The first-order valence-corrected chi connectivity index (χ1v) is 13.4. The van der Waals surface area contributed by atoms with Crippen molar-refractivity contribution in [2.75, 3.05) is 44.1 Å². The average Bonchev–Trinajstić information content (AvgIpc) is 3.17. The molecule has 0 radical (unpaired) electrons. The Hall–Kier alpha value is -2.65. The third-order valence-electron chi connectivity index (χ3n) is 8.57. The highest BCUT2D eigenvalue weighted by Crippen LogP contribution is 2.45. The Balaban J connectivity index is 1.30. The van der Waals surface area contributed by atoms with E-state index in [1.54, 1.807) is 11.9 Å². The third-order valence-corrected chi connectivity index (χ3v) is 8.57. The molecule has 3 aliphatic heterocycles. The van der Waals surface area contributed by atoms with Gasteiger partial charge in [-0.15, -0.1) is 0 Å². The summed E-state index contributed by atoms with van der Waals surface area (Å²) in [5.74, 6) is -0.0983. The highest BCUT2D eigenvalue weighted by atomic mass is 16.5. The molecule has 1 saturated carbocycles. The summed E-state index contributed by atoms with van der Waals surface area (Å²) in [4.78, 5) is 41.3. The monoisotopic (exact) mass is 498 g/mol. The van der Waals surface area contributed by atoms with Crippen molar-refractivity contribution in [2.45, 2.75) is 75.3 Å². The molecule has 0 aromatic heterocycles. The molecule has 2 saturated heterocycles. The van der Waals surface area contributed by atoms with Crippen molar-refractivity contribution in [3.8, 4) is 0 Å². The molecule has 3 N–H and O–H groups in total. The molecule has 1 spiro atoms. The van der Waals surface area contributed by atoms with E-state index in [0.717, 1.165) is 56.2 Å². The molecule has 1 aromatic rings. The van der Waals surface area contributed by atoms with Crippen molar-refractivity contribution in [3.05, 3.63) is 23.8 Å². The van der Waals surface area contributed by atoms with E-state index in [1.165, 1.54) is 0 Å². The lowest BCUT2D eigenvalue weighted by Gasteiger charge is -2.35. The van der Waals surface area contributed by atoms with Crippen LogP contribution in [0, 0.1) is 5.92 Å². The Bertz CT molecular complexity index is 980. The Morgan fingerprint density at radius 3 is 2.44 bits per heavy atom.